The van der Waals surface area contributed by atoms with E-state index in [1.54, 1.807) is 38.1 Å². The van der Waals surface area contributed by atoms with Crippen molar-refractivity contribution in [2.75, 3.05) is 6.61 Å². The van der Waals surface area contributed by atoms with Gasteiger partial charge in [0.1, 0.15) is 6.04 Å². The maximum atomic E-state index is 12.6. The molecule has 1 aliphatic rings. The van der Waals surface area contributed by atoms with Crippen molar-refractivity contribution >= 4 is 29.4 Å². The van der Waals surface area contributed by atoms with Crippen LogP contribution in [-0.4, -0.2) is 30.4 Å². The quantitative estimate of drug-likeness (QED) is 0.638. The van der Waals surface area contributed by atoms with Gasteiger partial charge in [0.05, 0.1) is 16.6 Å². The van der Waals surface area contributed by atoms with Gasteiger partial charge in [0.2, 0.25) is 0 Å². The summed E-state index contributed by atoms with van der Waals surface area (Å²) >= 11 is 6.06. The molecule has 0 heterocycles. The van der Waals surface area contributed by atoms with E-state index in [0.717, 1.165) is 24.8 Å². The van der Waals surface area contributed by atoms with Gasteiger partial charge in [0, 0.05) is 0 Å². The summed E-state index contributed by atoms with van der Waals surface area (Å²) in [6, 6.07) is 13.7. The molecule has 2 aromatic rings. The minimum Gasteiger partial charge on any atom is -0.454 e. The molecule has 0 saturated heterocycles. The third kappa shape index (κ3) is 5.85. The van der Waals surface area contributed by atoms with E-state index in [9.17, 15) is 14.4 Å². The number of rotatable bonds is 7. The van der Waals surface area contributed by atoms with E-state index < -0.39 is 24.5 Å². The summed E-state index contributed by atoms with van der Waals surface area (Å²) in [4.78, 5) is 37.5. The van der Waals surface area contributed by atoms with E-state index in [2.05, 4.69) is 16.7 Å². The van der Waals surface area contributed by atoms with Gasteiger partial charge in [-0.3, -0.25) is 9.59 Å². The summed E-state index contributed by atoms with van der Waals surface area (Å²) in [5.41, 5.74) is 2.62. The Morgan fingerprint density at radius 1 is 1.10 bits per heavy atom. The molecule has 6 nitrogen and oxygen atoms in total. The first kappa shape index (κ1) is 22.8. The fourth-order valence-corrected chi connectivity index (χ4v) is 3.95. The number of benzene rings is 2. The van der Waals surface area contributed by atoms with Crippen LogP contribution in [0.15, 0.2) is 48.5 Å². The van der Waals surface area contributed by atoms with Gasteiger partial charge in [0.25, 0.3) is 11.8 Å². The van der Waals surface area contributed by atoms with E-state index in [1.807, 2.05) is 18.2 Å². The predicted molar refractivity (Wildman–Crippen MR) is 119 cm³/mol. The second kappa shape index (κ2) is 10.4. The number of amides is 2. The van der Waals surface area contributed by atoms with E-state index in [-0.39, 0.29) is 23.4 Å². The number of hydrogen-bond donors (Lipinski definition) is 2. The first-order chi connectivity index (χ1) is 14.9. The molecule has 2 amide bonds. The van der Waals surface area contributed by atoms with Gasteiger partial charge in [-0.15, -0.1) is 0 Å². The molecule has 7 heteroatoms. The van der Waals surface area contributed by atoms with Crippen LogP contribution in [0.2, 0.25) is 5.02 Å². The Bertz CT molecular complexity index is 960. The van der Waals surface area contributed by atoms with Gasteiger partial charge in [0.15, 0.2) is 6.61 Å². The maximum absolute atomic E-state index is 12.6. The molecule has 0 spiro atoms. The Morgan fingerprint density at radius 2 is 1.81 bits per heavy atom. The van der Waals surface area contributed by atoms with E-state index >= 15 is 0 Å². The molecule has 3 rings (SSSR count). The van der Waals surface area contributed by atoms with E-state index in [4.69, 9.17) is 16.3 Å². The smallest absolute Gasteiger partial charge is 0.329 e. The second-order valence-corrected chi connectivity index (χ2v) is 8.40. The minimum absolute atomic E-state index is 0.0861. The lowest BCUT2D eigenvalue weighted by molar-refractivity contribution is -0.151. The molecule has 2 N–H and O–H groups in total. The average molecular weight is 443 g/mol. The lowest BCUT2D eigenvalue weighted by Crippen LogP contribution is -2.46. The number of halogens is 1. The molecule has 0 bridgehead atoms. The normalized spacial score (nSPS) is 16.2. The van der Waals surface area contributed by atoms with Gasteiger partial charge in [-0.2, -0.15) is 0 Å². The third-order valence-corrected chi connectivity index (χ3v) is 5.71. The summed E-state index contributed by atoms with van der Waals surface area (Å²) in [6.07, 6.45) is 2.84. The second-order valence-electron chi connectivity index (χ2n) is 7.99. The predicted octanol–water partition coefficient (Wildman–Crippen LogP) is 3.83. The fraction of sp³-hybridized carbons (Fsp3) is 0.375. The highest BCUT2D eigenvalue weighted by molar-refractivity contribution is 6.33. The molecule has 164 valence electrons. The van der Waals surface area contributed by atoms with Gasteiger partial charge >= 0.3 is 5.97 Å². The molecule has 1 aliphatic carbocycles. The molecular formula is C24H27ClN2O4. The van der Waals surface area contributed by atoms with Crippen molar-refractivity contribution in [2.24, 2.45) is 5.92 Å². The molecule has 2 aromatic carbocycles. The van der Waals surface area contributed by atoms with Crippen molar-refractivity contribution in [2.45, 2.75) is 45.2 Å². The van der Waals surface area contributed by atoms with Crippen LogP contribution >= 0.6 is 11.6 Å². The van der Waals surface area contributed by atoms with Crippen molar-refractivity contribution in [1.82, 2.24) is 10.6 Å². The fourth-order valence-electron chi connectivity index (χ4n) is 3.73. The van der Waals surface area contributed by atoms with Crippen molar-refractivity contribution in [3.63, 3.8) is 0 Å². The Hall–Kier alpha value is -2.86. The Labute approximate surface area is 187 Å². The van der Waals surface area contributed by atoms with Crippen LogP contribution in [-0.2, 0) is 20.7 Å². The van der Waals surface area contributed by atoms with Crippen molar-refractivity contribution in [3.05, 3.63) is 70.2 Å². The highest BCUT2D eigenvalue weighted by atomic mass is 35.5. The zero-order chi connectivity index (χ0) is 22.4. The SMILES string of the molecule is CC(C)[C@@H](NC(=O)c1ccccc1Cl)C(=O)OCC(=O)N[C@@H]1CCCc2ccccc21. The van der Waals surface area contributed by atoms with Gasteiger partial charge in [-0.1, -0.05) is 61.8 Å². The van der Waals surface area contributed by atoms with E-state index in [0.29, 0.717) is 5.02 Å². The number of hydrogen-bond acceptors (Lipinski definition) is 4. The number of aryl methyl sites for hydroxylation is 1. The van der Waals surface area contributed by atoms with Crippen LogP contribution in [0.1, 0.15) is 54.2 Å². The van der Waals surface area contributed by atoms with Crippen LogP contribution in [0.4, 0.5) is 0 Å². The molecule has 0 saturated carbocycles. The topological polar surface area (TPSA) is 84.5 Å². The first-order valence-electron chi connectivity index (χ1n) is 10.5. The van der Waals surface area contributed by atoms with Crippen molar-refractivity contribution in [1.29, 1.82) is 0 Å². The number of esters is 1. The molecule has 2 atom stereocenters. The van der Waals surface area contributed by atoms with Crippen LogP contribution in [0.25, 0.3) is 0 Å². The molecule has 0 unspecified atom stereocenters. The number of ether oxygens (including phenoxy) is 1. The summed E-state index contributed by atoms with van der Waals surface area (Å²) in [6.45, 7) is 3.18. The highest BCUT2D eigenvalue weighted by Gasteiger charge is 2.28. The molecule has 31 heavy (non-hydrogen) atoms. The number of nitrogens with one attached hydrogen (secondary N) is 2. The highest BCUT2D eigenvalue weighted by Crippen LogP contribution is 2.29. The largest absolute Gasteiger partial charge is 0.454 e. The Kier molecular flexibility index (Phi) is 7.69. The Balaban J connectivity index is 1.56. The first-order valence-corrected chi connectivity index (χ1v) is 10.8. The van der Waals surface area contributed by atoms with Crippen molar-refractivity contribution < 1.29 is 19.1 Å². The monoisotopic (exact) mass is 442 g/mol. The Morgan fingerprint density at radius 3 is 2.55 bits per heavy atom. The van der Waals surface area contributed by atoms with Crippen molar-refractivity contribution in [3.8, 4) is 0 Å². The third-order valence-electron chi connectivity index (χ3n) is 5.38. The summed E-state index contributed by atoms with van der Waals surface area (Å²) in [5, 5.41) is 5.91. The standard InChI is InChI=1S/C24H27ClN2O4/c1-15(2)22(27-23(29)18-11-5-6-12-19(18)25)24(30)31-14-21(28)26-20-13-7-9-16-8-3-4-10-17(16)20/h3-6,8,10-12,15,20,22H,7,9,13-14H2,1-2H3,(H,26,28)(H,27,29)/t20-,22-/m1/s1. The van der Waals surface area contributed by atoms with E-state index in [1.165, 1.54) is 5.56 Å². The lowest BCUT2D eigenvalue weighted by Gasteiger charge is -2.26. The number of carbonyl (C=O) groups is 3. The zero-order valence-corrected chi connectivity index (χ0v) is 18.4. The van der Waals surface area contributed by atoms with Crippen LogP contribution < -0.4 is 10.6 Å². The molecule has 0 aliphatic heterocycles. The average Bonchev–Trinajstić information content (AvgIpc) is 2.76. The number of fused-ring (bicyclic) bond motifs is 1. The lowest BCUT2D eigenvalue weighted by atomic mass is 9.88. The number of carbonyl (C=O) groups excluding carboxylic acids is 3. The summed E-state index contributed by atoms with van der Waals surface area (Å²) < 4.78 is 5.23. The molecule has 0 aromatic heterocycles. The summed E-state index contributed by atoms with van der Waals surface area (Å²) in [7, 11) is 0. The maximum Gasteiger partial charge on any atom is 0.329 e. The summed E-state index contributed by atoms with van der Waals surface area (Å²) in [5.74, 6) is -1.72. The van der Waals surface area contributed by atoms with Gasteiger partial charge in [-0.05, 0) is 48.4 Å². The zero-order valence-electron chi connectivity index (χ0n) is 17.7. The van der Waals surface area contributed by atoms with Crippen LogP contribution in [0.3, 0.4) is 0 Å². The molecule has 0 radical (unpaired) electrons. The minimum atomic E-state index is -0.896. The molecular weight excluding hydrogens is 416 g/mol. The van der Waals surface area contributed by atoms with Gasteiger partial charge in [-0.25, -0.2) is 4.79 Å². The van der Waals surface area contributed by atoms with Gasteiger partial charge < -0.3 is 15.4 Å². The van der Waals surface area contributed by atoms with Crippen LogP contribution in [0.5, 0.6) is 0 Å². The molecule has 0 fully saturated rings. The van der Waals surface area contributed by atoms with Crippen LogP contribution in [0, 0.1) is 5.92 Å².